The van der Waals surface area contributed by atoms with Gasteiger partial charge in [-0.1, -0.05) is 0 Å². The molecule has 2 aromatic rings. The van der Waals surface area contributed by atoms with Gasteiger partial charge in [-0.15, -0.1) is 0 Å². The summed E-state index contributed by atoms with van der Waals surface area (Å²) in [6.45, 7) is 0. The minimum Gasteiger partial charge on any atom is -0.496 e. The standard InChI is InChI=1S/C12H10FN3O/c1-17-11-3-2-8(13)6-9(11)10-7-15-12(16-10)4-5-14/h2-3,6-7H,4H2,1H3,(H,15,16). The Labute approximate surface area is 97.7 Å². The number of hydrogen-bond acceptors (Lipinski definition) is 3. The largest absolute Gasteiger partial charge is 0.496 e. The van der Waals surface area contributed by atoms with Crippen LogP contribution in [0.25, 0.3) is 11.3 Å². The van der Waals surface area contributed by atoms with Crippen molar-refractivity contribution in [2.24, 2.45) is 0 Å². The second kappa shape index (κ2) is 4.66. The van der Waals surface area contributed by atoms with Crippen LogP contribution in [0.5, 0.6) is 5.75 Å². The lowest BCUT2D eigenvalue weighted by atomic mass is 10.1. The number of aromatic nitrogens is 2. The Bertz CT molecular complexity index is 571. The van der Waals surface area contributed by atoms with Crippen LogP contribution >= 0.6 is 0 Å². The van der Waals surface area contributed by atoms with Gasteiger partial charge in [-0.3, -0.25) is 0 Å². The van der Waals surface area contributed by atoms with Crippen LogP contribution in [0.1, 0.15) is 5.82 Å². The van der Waals surface area contributed by atoms with Gasteiger partial charge in [0.1, 0.15) is 17.4 Å². The van der Waals surface area contributed by atoms with E-state index in [0.29, 0.717) is 22.8 Å². The molecule has 0 aliphatic heterocycles. The summed E-state index contributed by atoms with van der Waals surface area (Å²) in [5.41, 5.74) is 1.22. The highest BCUT2D eigenvalue weighted by Gasteiger charge is 2.10. The smallest absolute Gasteiger partial charge is 0.128 e. The first-order chi connectivity index (χ1) is 8.24. The number of aromatic amines is 1. The first kappa shape index (κ1) is 11.1. The van der Waals surface area contributed by atoms with E-state index in [4.69, 9.17) is 10.00 Å². The summed E-state index contributed by atoms with van der Waals surface area (Å²) in [6, 6.07) is 6.23. The second-order valence-corrected chi connectivity index (χ2v) is 3.42. The summed E-state index contributed by atoms with van der Waals surface area (Å²) in [7, 11) is 1.52. The number of benzene rings is 1. The molecule has 4 nitrogen and oxygen atoms in total. The number of ether oxygens (including phenoxy) is 1. The van der Waals surface area contributed by atoms with Crippen LogP contribution in [-0.2, 0) is 6.42 Å². The fourth-order valence-electron chi connectivity index (χ4n) is 1.55. The Morgan fingerprint density at radius 1 is 1.53 bits per heavy atom. The topological polar surface area (TPSA) is 61.7 Å². The van der Waals surface area contributed by atoms with Crippen molar-refractivity contribution in [2.75, 3.05) is 7.11 Å². The summed E-state index contributed by atoms with van der Waals surface area (Å²) in [5.74, 6) is 0.754. The molecule has 0 saturated carbocycles. The lowest BCUT2D eigenvalue weighted by molar-refractivity contribution is 0.415. The zero-order chi connectivity index (χ0) is 12.3. The molecule has 0 amide bonds. The van der Waals surface area contributed by atoms with E-state index < -0.39 is 0 Å². The van der Waals surface area contributed by atoms with E-state index in [0.717, 1.165) is 0 Å². The average Bonchev–Trinajstić information content (AvgIpc) is 2.78. The van der Waals surface area contributed by atoms with Gasteiger partial charge in [0.2, 0.25) is 0 Å². The van der Waals surface area contributed by atoms with Crippen LogP contribution < -0.4 is 4.74 Å². The molecular weight excluding hydrogens is 221 g/mol. The number of nitrogens with zero attached hydrogens (tertiary/aromatic N) is 2. The molecule has 0 bridgehead atoms. The van der Waals surface area contributed by atoms with Crippen LogP contribution in [0.2, 0.25) is 0 Å². The molecule has 1 aromatic heterocycles. The Balaban J connectivity index is 2.44. The number of methoxy groups -OCH3 is 1. The normalized spacial score (nSPS) is 9.94. The van der Waals surface area contributed by atoms with E-state index in [2.05, 4.69) is 9.97 Å². The Hall–Kier alpha value is -2.35. The zero-order valence-corrected chi connectivity index (χ0v) is 9.20. The maximum atomic E-state index is 13.2. The van der Waals surface area contributed by atoms with Crippen LogP contribution in [0, 0.1) is 17.1 Å². The number of nitrogens with one attached hydrogen (secondary N) is 1. The third kappa shape index (κ3) is 2.26. The van der Waals surface area contributed by atoms with E-state index in [9.17, 15) is 4.39 Å². The molecule has 0 spiro atoms. The fourth-order valence-corrected chi connectivity index (χ4v) is 1.55. The van der Waals surface area contributed by atoms with Crippen LogP contribution in [0.3, 0.4) is 0 Å². The number of H-pyrrole nitrogens is 1. The lowest BCUT2D eigenvalue weighted by Crippen LogP contribution is -1.90. The molecule has 0 aliphatic carbocycles. The van der Waals surface area contributed by atoms with E-state index in [1.165, 1.54) is 19.2 Å². The molecule has 0 aliphatic rings. The van der Waals surface area contributed by atoms with Crippen LogP contribution in [0.15, 0.2) is 24.4 Å². The second-order valence-electron chi connectivity index (χ2n) is 3.42. The minimum absolute atomic E-state index is 0.192. The molecule has 0 radical (unpaired) electrons. The minimum atomic E-state index is -0.350. The highest BCUT2D eigenvalue weighted by Crippen LogP contribution is 2.29. The number of rotatable bonds is 3. The number of imidazole rings is 1. The summed E-state index contributed by atoms with van der Waals surface area (Å²) < 4.78 is 18.3. The third-order valence-electron chi connectivity index (χ3n) is 2.33. The lowest BCUT2D eigenvalue weighted by Gasteiger charge is -2.06. The predicted octanol–water partition coefficient (Wildman–Crippen LogP) is 2.29. The van der Waals surface area contributed by atoms with Gasteiger partial charge >= 0.3 is 0 Å². The SMILES string of the molecule is COc1ccc(F)cc1-c1cnc(CC#N)[nH]1. The fraction of sp³-hybridized carbons (Fsp3) is 0.167. The van der Waals surface area contributed by atoms with Gasteiger partial charge < -0.3 is 9.72 Å². The quantitative estimate of drug-likeness (QED) is 0.881. The maximum absolute atomic E-state index is 13.2. The van der Waals surface area contributed by atoms with E-state index >= 15 is 0 Å². The summed E-state index contributed by atoms with van der Waals surface area (Å²) in [4.78, 5) is 6.98. The number of nitriles is 1. The molecule has 1 heterocycles. The van der Waals surface area contributed by atoms with Gasteiger partial charge in [-0.25, -0.2) is 9.37 Å². The highest BCUT2D eigenvalue weighted by molar-refractivity contribution is 5.66. The molecule has 0 fully saturated rings. The van der Waals surface area contributed by atoms with Crippen molar-refractivity contribution in [3.63, 3.8) is 0 Å². The van der Waals surface area contributed by atoms with Gasteiger partial charge in [0.25, 0.3) is 0 Å². The van der Waals surface area contributed by atoms with Gasteiger partial charge in [0.15, 0.2) is 0 Å². The molecule has 0 saturated heterocycles. The average molecular weight is 231 g/mol. The molecule has 1 N–H and O–H groups in total. The van der Waals surface area contributed by atoms with E-state index in [1.807, 2.05) is 6.07 Å². The van der Waals surface area contributed by atoms with E-state index in [1.54, 1.807) is 12.3 Å². The van der Waals surface area contributed by atoms with Crippen molar-refractivity contribution in [2.45, 2.75) is 6.42 Å². The Morgan fingerprint density at radius 2 is 2.35 bits per heavy atom. The van der Waals surface area contributed by atoms with Crippen molar-refractivity contribution < 1.29 is 9.13 Å². The highest BCUT2D eigenvalue weighted by atomic mass is 19.1. The van der Waals surface area contributed by atoms with Crippen molar-refractivity contribution in [1.82, 2.24) is 9.97 Å². The summed E-state index contributed by atoms with van der Waals surface area (Å²) in [5, 5.41) is 8.55. The molecule has 0 unspecified atom stereocenters. The van der Waals surface area contributed by atoms with Crippen molar-refractivity contribution in [3.8, 4) is 23.1 Å². The van der Waals surface area contributed by atoms with Crippen molar-refractivity contribution in [1.29, 1.82) is 5.26 Å². The first-order valence-electron chi connectivity index (χ1n) is 4.99. The molecule has 5 heteroatoms. The molecule has 17 heavy (non-hydrogen) atoms. The van der Waals surface area contributed by atoms with Gasteiger partial charge in [0, 0.05) is 5.56 Å². The molecule has 2 rings (SSSR count). The van der Waals surface area contributed by atoms with E-state index in [-0.39, 0.29) is 12.2 Å². The summed E-state index contributed by atoms with van der Waals surface area (Å²) >= 11 is 0. The summed E-state index contributed by atoms with van der Waals surface area (Å²) in [6.07, 6.45) is 1.75. The molecule has 1 aromatic carbocycles. The molecule has 86 valence electrons. The van der Waals surface area contributed by atoms with Gasteiger partial charge in [0.05, 0.1) is 31.5 Å². The van der Waals surface area contributed by atoms with Crippen molar-refractivity contribution >= 4 is 0 Å². The monoisotopic (exact) mass is 231 g/mol. The van der Waals surface area contributed by atoms with Gasteiger partial charge in [-0.05, 0) is 18.2 Å². The third-order valence-corrected chi connectivity index (χ3v) is 2.33. The maximum Gasteiger partial charge on any atom is 0.128 e. The first-order valence-corrected chi connectivity index (χ1v) is 4.99. The van der Waals surface area contributed by atoms with Crippen LogP contribution in [0.4, 0.5) is 4.39 Å². The Morgan fingerprint density at radius 3 is 3.06 bits per heavy atom. The number of hydrogen-bond donors (Lipinski definition) is 1. The number of halogens is 1. The Kier molecular flexibility index (Phi) is 3.06. The predicted molar refractivity (Wildman–Crippen MR) is 59.9 cm³/mol. The zero-order valence-electron chi connectivity index (χ0n) is 9.20. The molecule has 0 atom stereocenters. The van der Waals surface area contributed by atoms with Crippen molar-refractivity contribution in [3.05, 3.63) is 36.0 Å². The van der Waals surface area contributed by atoms with Crippen LogP contribution in [-0.4, -0.2) is 17.1 Å². The molecular formula is C12H10FN3O. The van der Waals surface area contributed by atoms with Gasteiger partial charge in [-0.2, -0.15) is 5.26 Å².